The summed E-state index contributed by atoms with van der Waals surface area (Å²) in [7, 11) is -4.80. The number of carbonyl (C=O) groups is 2. The summed E-state index contributed by atoms with van der Waals surface area (Å²) in [4.78, 5) is 40.7. The van der Waals surface area contributed by atoms with Crippen LogP contribution in [0.4, 0.5) is 0 Å². The van der Waals surface area contributed by atoms with Gasteiger partial charge in [-0.15, -0.1) is 0 Å². The molecule has 202 valence electrons. The minimum Gasteiger partial charge on any atom is -0.462 e. The summed E-state index contributed by atoms with van der Waals surface area (Å²) in [6.45, 7) is 2.14. The summed E-state index contributed by atoms with van der Waals surface area (Å²) in [6.07, 6.45) is 7.42. The second kappa shape index (κ2) is 16.2. The lowest BCUT2D eigenvalue weighted by Gasteiger charge is -2.20. The number of aliphatic hydroxyl groups is 3. The summed E-state index contributed by atoms with van der Waals surface area (Å²) in [5.41, 5.74) is 0. The molecule has 0 unspecified atom stereocenters. The maximum absolute atomic E-state index is 12.1. The molecule has 0 heterocycles. The quantitative estimate of drug-likeness (QED) is 0.0862. The summed E-state index contributed by atoms with van der Waals surface area (Å²) >= 11 is 0. The fraction of sp³-hybridized carbons (Fsp3) is 0.739. The average molecular weight is 523 g/mol. The second-order valence-corrected chi connectivity index (χ2v) is 9.91. The highest BCUT2D eigenvalue weighted by Crippen LogP contribution is 2.37. The fourth-order valence-electron chi connectivity index (χ4n) is 3.84. The van der Waals surface area contributed by atoms with E-state index in [1.165, 1.54) is 6.08 Å². The van der Waals surface area contributed by atoms with Crippen LogP contribution in [0.3, 0.4) is 0 Å². The molecule has 5 N–H and O–H groups in total. The van der Waals surface area contributed by atoms with Gasteiger partial charge < -0.3 is 34.6 Å². The number of phosphoric ester groups is 1. The van der Waals surface area contributed by atoms with Crippen molar-refractivity contribution < 1.29 is 53.3 Å². The van der Waals surface area contributed by atoms with Crippen LogP contribution < -0.4 is 0 Å². The highest BCUT2D eigenvalue weighted by Gasteiger charge is 2.39. The summed E-state index contributed by atoms with van der Waals surface area (Å²) < 4.78 is 25.0. The van der Waals surface area contributed by atoms with E-state index in [0.29, 0.717) is 12.8 Å². The number of rotatable bonds is 16. The Morgan fingerprint density at radius 1 is 1.11 bits per heavy atom. The Balaban J connectivity index is 2.58. The van der Waals surface area contributed by atoms with Gasteiger partial charge in [0.2, 0.25) is 0 Å². The third-order valence-electron chi connectivity index (χ3n) is 5.63. The van der Waals surface area contributed by atoms with Crippen molar-refractivity contribution in [3.8, 4) is 0 Å². The predicted octanol–water partition coefficient (Wildman–Crippen LogP) is 1.76. The minimum atomic E-state index is -4.80. The molecule has 0 bridgehead atoms. The van der Waals surface area contributed by atoms with Gasteiger partial charge in [0, 0.05) is 19.3 Å². The van der Waals surface area contributed by atoms with E-state index in [2.05, 4.69) is 11.4 Å². The maximum atomic E-state index is 12.1. The van der Waals surface area contributed by atoms with E-state index < -0.39 is 57.4 Å². The molecule has 0 aliphatic heterocycles. The van der Waals surface area contributed by atoms with Gasteiger partial charge in [0.25, 0.3) is 0 Å². The molecule has 35 heavy (non-hydrogen) atoms. The topological polar surface area (TPSA) is 180 Å². The van der Waals surface area contributed by atoms with Crippen molar-refractivity contribution in [2.45, 2.75) is 83.2 Å². The molecule has 12 heteroatoms. The number of unbranched alkanes of at least 4 members (excludes halogenated alkanes) is 2. The average Bonchev–Trinajstić information content (AvgIpc) is 3.03. The first kappa shape index (κ1) is 31.4. The molecule has 0 radical (unpaired) electrons. The lowest BCUT2D eigenvalue weighted by molar-refractivity contribution is -0.159. The molecular formula is C23H39O11P. The van der Waals surface area contributed by atoms with Crippen LogP contribution in [0.5, 0.6) is 0 Å². The molecular weight excluding hydrogens is 483 g/mol. The molecule has 1 fully saturated rings. The van der Waals surface area contributed by atoms with Crippen LogP contribution in [0.15, 0.2) is 24.3 Å². The highest BCUT2D eigenvalue weighted by atomic mass is 31.2. The van der Waals surface area contributed by atoms with Gasteiger partial charge >= 0.3 is 19.8 Å². The summed E-state index contributed by atoms with van der Waals surface area (Å²) in [5.74, 6) is -2.01. The first-order valence-corrected chi connectivity index (χ1v) is 13.4. The van der Waals surface area contributed by atoms with Crippen molar-refractivity contribution in [1.29, 1.82) is 0 Å². The van der Waals surface area contributed by atoms with E-state index in [9.17, 15) is 29.5 Å². The third-order valence-corrected chi connectivity index (χ3v) is 6.12. The lowest BCUT2D eigenvalue weighted by atomic mass is 9.89. The van der Waals surface area contributed by atoms with Gasteiger partial charge in [0.1, 0.15) is 6.61 Å². The van der Waals surface area contributed by atoms with Gasteiger partial charge in [-0.25, -0.2) is 4.57 Å². The van der Waals surface area contributed by atoms with Crippen LogP contribution >= 0.6 is 7.82 Å². The van der Waals surface area contributed by atoms with E-state index in [1.807, 2.05) is 0 Å². The zero-order chi connectivity index (χ0) is 26.4. The normalized spacial score (nSPS) is 24.7. The molecule has 11 nitrogen and oxygen atoms in total. The van der Waals surface area contributed by atoms with Gasteiger partial charge in [-0.2, -0.15) is 0 Å². The Hall–Kier alpha value is -1.59. The van der Waals surface area contributed by atoms with Crippen LogP contribution in [0, 0.1) is 11.8 Å². The monoisotopic (exact) mass is 522 g/mol. The lowest BCUT2D eigenvalue weighted by Crippen LogP contribution is -2.28. The Kier molecular flexibility index (Phi) is 14.6. The first-order chi connectivity index (χ1) is 16.4. The number of ether oxygens (including phenoxy) is 2. The molecule has 1 saturated carbocycles. The number of phosphoric acid groups is 1. The smallest absolute Gasteiger partial charge is 0.462 e. The number of allylic oxidation sites excluding steroid dienone is 1. The summed E-state index contributed by atoms with van der Waals surface area (Å²) in [6, 6.07) is 0. The Morgan fingerprint density at radius 2 is 1.83 bits per heavy atom. The van der Waals surface area contributed by atoms with Crippen LogP contribution in [0.25, 0.3) is 0 Å². The molecule has 0 aromatic rings. The van der Waals surface area contributed by atoms with Gasteiger partial charge in [-0.05, 0) is 18.8 Å². The van der Waals surface area contributed by atoms with Gasteiger partial charge in [-0.3, -0.25) is 14.1 Å². The molecule has 0 aromatic heterocycles. The van der Waals surface area contributed by atoms with E-state index >= 15 is 0 Å². The number of esters is 2. The van der Waals surface area contributed by atoms with Crippen molar-refractivity contribution in [2.24, 2.45) is 11.8 Å². The molecule has 1 aliphatic carbocycles. The molecule has 1 aliphatic rings. The SMILES string of the molecule is CCCCC[C@@H](O)/C=C/[C@@H]1[C@H](C/C=C\CC(=O)O[C@H](COC(C)=O)COP(=O)(O)O)[C@@H](O)C[C@H]1O. The van der Waals surface area contributed by atoms with Crippen LogP contribution in [-0.4, -0.2) is 74.7 Å². The van der Waals surface area contributed by atoms with Crippen LogP contribution in [-0.2, 0) is 28.2 Å². The Bertz CT molecular complexity index is 748. The number of aliphatic hydroxyl groups excluding tert-OH is 3. The van der Waals surface area contributed by atoms with Crippen LogP contribution in [0.1, 0.15) is 58.8 Å². The van der Waals surface area contributed by atoms with Gasteiger partial charge in [0.15, 0.2) is 6.10 Å². The third kappa shape index (κ3) is 13.9. The number of hydrogen-bond donors (Lipinski definition) is 5. The Labute approximate surface area is 206 Å². The highest BCUT2D eigenvalue weighted by molar-refractivity contribution is 7.46. The standard InChI is InChI=1S/C23H39O11P/c1-3-4-5-8-17(25)11-12-20-19(21(26)13-22(20)27)9-6-7-10-23(28)34-18(14-32-16(2)24)15-33-35(29,30)31/h6-7,11-12,17-22,25-27H,3-5,8-10,13-15H2,1-2H3,(H2,29,30,31)/b7-6-,12-11+/t17-,18-,19+,20-,21+,22-/m1/s1. The first-order valence-electron chi connectivity index (χ1n) is 11.8. The molecule has 0 aromatic carbocycles. The van der Waals surface area contributed by atoms with Gasteiger partial charge in [0.05, 0.1) is 31.3 Å². The second-order valence-electron chi connectivity index (χ2n) is 8.67. The summed E-state index contributed by atoms with van der Waals surface area (Å²) in [5, 5.41) is 30.7. The largest absolute Gasteiger partial charge is 0.469 e. The predicted molar refractivity (Wildman–Crippen MR) is 126 cm³/mol. The zero-order valence-corrected chi connectivity index (χ0v) is 21.2. The van der Waals surface area contributed by atoms with Crippen molar-refractivity contribution in [1.82, 2.24) is 0 Å². The van der Waals surface area contributed by atoms with Crippen molar-refractivity contribution in [2.75, 3.05) is 13.2 Å². The molecule has 0 saturated heterocycles. The number of carbonyl (C=O) groups excluding carboxylic acids is 2. The van der Waals surface area contributed by atoms with Crippen molar-refractivity contribution in [3.05, 3.63) is 24.3 Å². The zero-order valence-electron chi connectivity index (χ0n) is 20.3. The Morgan fingerprint density at radius 3 is 2.46 bits per heavy atom. The molecule has 0 amide bonds. The van der Waals surface area contributed by atoms with Gasteiger partial charge in [-0.1, -0.05) is 50.5 Å². The van der Waals surface area contributed by atoms with E-state index in [0.717, 1.165) is 26.2 Å². The molecule has 1 rings (SSSR count). The van der Waals surface area contributed by atoms with E-state index in [1.54, 1.807) is 18.2 Å². The fourth-order valence-corrected chi connectivity index (χ4v) is 4.20. The van der Waals surface area contributed by atoms with E-state index in [-0.39, 0.29) is 24.7 Å². The van der Waals surface area contributed by atoms with E-state index in [4.69, 9.17) is 19.3 Å². The van der Waals surface area contributed by atoms with Crippen LogP contribution in [0.2, 0.25) is 0 Å². The minimum absolute atomic E-state index is 0.172. The number of hydrogen-bond acceptors (Lipinski definition) is 9. The van der Waals surface area contributed by atoms with Crippen molar-refractivity contribution in [3.63, 3.8) is 0 Å². The molecule has 0 spiro atoms. The maximum Gasteiger partial charge on any atom is 0.469 e. The molecule has 6 atom stereocenters. The van der Waals surface area contributed by atoms with Crippen molar-refractivity contribution >= 4 is 19.8 Å².